The molecule has 2 heterocycles. The van der Waals surface area contributed by atoms with Crippen molar-refractivity contribution in [1.29, 1.82) is 0 Å². The maximum absolute atomic E-state index is 13.4. The number of aromatic nitrogens is 2. The maximum atomic E-state index is 13.4. The fourth-order valence-corrected chi connectivity index (χ4v) is 4.57. The lowest BCUT2D eigenvalue weighted by Crippen LogP contribution is -2.44. The molecule has 6 nitrogen and oxygen atoms in total. The highest BCUT2D eigenvalue weighted by Crippen LogP contribution is 2.29. The molecule has 1 aliphatic rings. The van der Waals surface area contributed by atoms with Gasteiger partial charge < -0.3 is 14.3 Å². The fraction of sp³-hybridized carbons (Fsp3) is 0.320. The van der Waals surface area contributed by atoms with Crippen molar-refractivity contribution in [2.45, 2.75) is 26.3 Å². The van der Waals surface area contributed by atoms with Gasteiger partial charge in [-0.25, -0.2) is 0 Å². The zero-order chi connectivity index (χ0) is 23.4. The van der Waals surface area contributed by atoms with Crippen LogP contribution in [0.4, 0.5) is 5.69 Å². The van der Waals surface area contributed by atoms with Gasteiger partial charge in [0.05, 0.1) is 10.9 Å². The highest BCUT2D eigenvalue weighted by Gasteiger charge is 2.30. The van der Waals surface area contributed by atoms with Crippen LogP contribution in [-0.4, -0.2) is 40.6 Å². The van der Waals surface area contributed by atoms with Gasteiger partial charge in [-0.2, -0.15) is 4.98 Å². The predicted octanol–water partition coefficient (Wildman–Crippen LogP) is 5.78. The smallest absolute Gasteiger partial charge is 0.246 e. The van der Waals surface area contributed by atoms with Gasteiger partial charge in [-0.3, -0.25) is 4.79 Å². The van der Waals surface area contributed by atoms with Gasteiger partial charge in [-0.05, 0) is 50.1 Å². The Morgan fingerprint density at radius 3 is 2.79 bits per heavy atom. The topological polar surface area (TPSA) is 62.5 Å². The minimum absolute atomic E-state index is 0.0657. The number of hydrogen-bond acceptors (Lipinski definition) is 5. The Morgan fingerprint density at radius 2 is 2.06 bits per heavy atom. The highest BCUT2D eigenvalue weighted by atomic mass is 35.5. The number of carbonyl (C=O) groups is 1. The van der Waals surface area contributed by atoms with E-state index in [4.69, 9.17) is 27.7 Å². The number of carbonyl (C=O) groups excluding carboxylic acids is 1. The molecule has 3 aromatic rings. The SMILES string of the molecule is C=CCN(Cc1nc(-c2ccc(Cl)cc2Cl)no1)C(=O)[C@H]1CCCN(c2ccc(C)cc2)C1. The fourth-order valence-electron chi connectivity index (χ4n) is 4.08. The lowest BCUT2D eigenvalue weighted by atomic mass is 9.95. The number of aryl methyl sites for hydroxylation is 1. The number of amides is 1. The lowest BCUT2D eigenvalue weighted by molar-refractivity contribution is -0.136. The molecule has 0 aliphatic carbocycles. The first-order valence-corrected chi connectivity index (χ1v) is 11.7. The van der Waals surface area contributed by atoms with Crippen LogP contribution in [0.5, 0.6) is 0 Å². The Kier molecular flexibility index (Phi) is 7.36. The lowest BCUT2D eigenvalue weighted by Gasteiger charge is -2.35. The van der Waals surface area contributed by atoms with Gasteiger partial charge in [0, 0.05) is 35.9 Å². The number of hydrogen-bond donors (Lipinski definition) is 0. The molecule has 0 N–H and O–H groups in total. The van der Waals surface area contributed by atoms with Gasteiger partial charge in [0.15, 0.2) is 0 Å². The minimum Gasteiger partial charge on any atom is -0.371 e. The van der Waals surface area contributed by atoms with Crippen molar-refractivity contribution in [3.8, 4) is 11.4 Å². The Hall–Kier alpha value is -2.83. The molecule has 33 heavy (non-hydrogen) atoms. The summed E-state index contributed by atoms with van der Waals surface area (Å²) in [4.78, 5) is 21.9. The largest absolute Gasteiger partial charge is 0.371 e. The van der Waals surface area contributed by atoms with E-state index in [0.717, 1.165) is 25.1 Å². The monoisotopic (exact) mass is 484 g/mol. The van der Waals surface area contributed by atoms with E-state index in [1.54, 1.807) is 29.2 Å². The van der Waals surface area contributed by atoms with E-state index in [1.807, 2.05) is 0 Å². The standard InChI is InChI=1S/C25H26Cl2N4O2/c1-3-12-31(16-23-28-24(29-33-23)21-11-8-19(26)14-22(21)27)25(32)18-5-4-13-30(15-18)20-9-6-17(2)7-10-20/h3,6-11,14,18H,1,4-5,12-13,15-16H2,2H3/t18-/m0/s1. The van der Waals surface area contributed by atoms with E-state index >= 15 is 0 Å². The molecule has 1 saturated heterocycles. The molecule has 0 unspecified atom stereocenters. The van der Waals surface area contributed by atoms with E-state index in [2.05, 4.69) is 52.8 Å². The van der Waals surface area contributed by atoms with Crippen LogP contribution >= 0.6 is 23.2 Å². The van der Waals surface area contributed by atoms with Crippen LogP contribution in [0.3, 0.4) is 0 Å². The third-order valence-electron chi connectivity index (χ3n) is 5.80. The molecule has 172 valence electrons. The Morgan fingerprint density at radius 1 is 1.27 bits per heavy atom. The molecule has 1 amide bonds. The summed E-state index contributed by atoms with van der Waals surface area (Å²) in [6.07, 6.45) is 3.53. The number of halogens is 2. The average molecular weight is 485 g/mol. The third kappa shape index (κ3) is 5.57. The second-order valence-electron chi connectivity index (χ2n) is 8.26. The van der Waals surface area contributed by atoms with Crippen molar-refractivity contribution in [1.82, 2.24) is 15.0 Å². The summed E-state index contributed by atoms with van der Waals surface area (Å²) in [7, 11) is 0. The van der Waals surface area contributed by atoms with E-state index in [0.29, 0.717) is 40.4 Å². The van der Waals surface area contributed by atoms with Crippen molar-refractivity contribution in [2.75, 3.05) is 24.5 Å². The van der Waals surface area contributed by atoms with E-state index in [-0.39, 0.29) is 18.4 Å². The maximum Gasteiger partial charge on any atom is 0.246 e. The normalized spacial score (nSPS) is 16.0. The van der Waals surface area contributed by atoms with Crippen molar-refractivity contribution in [2.24, 2.45) is 5.92 Å². The molecule has 4 rings (SSSR count). The molecule has 2 aromatic carbocycles. The van der Waals surface area contributed by atoms with Crippen LogP contribution < -0.4 is 4.90 Å². The molecular formula is C25H26Cl2N4O2. The zero-order valence-electron chi connectivity index (χ0n) is 18.5. The Labute approximate surface area is 203 Å². The first kappa shape index (κ1) is 23.3. The zero-order valence-corrected chi connectivity index (χ0v) is 20.0. The first-order valence-electron chi connectivity index (χ1n) is 10.9. The molecule has 0 spiro atoms. The van der Waals surface area contributed by atoms with E-state index in [1.165, 1.54) is 5.56 Å². The number of rotatable bonds is 7. The molecule has 0 radical (unpaired) electrons. The van der Waals surface area contributed by atoms with Crippen LogP contribution in [-0.2, 0) is 11.3 Å². The van der Waals surface area contributed by atoms with Crippen molar-refractivity contribution < 1.29 is 9.32 Å². The van der Waals surface area contributed by atoms with E-state index in [9.17, 15) is 4.79 Å². The van der Waals surface area contributed by atoms with Gasteiger partial charge in [0.1, 0.15) is 6.54 Å². The molecule has 0 saturated carbocycles. The quantitative estimate of drug-likeness (QED) is 0.397. The van der Waals surface area contributed by atoms with Gasteiger partial charge in [-0.1, -0.05) is 52.1 Å². The third-order valence-corrected chi connectivity index (χ3v) is 6.34. The molecule has 8 heteroatoms. The number of anilines is 1. The van der Waals surface area contributed by atoms with Gasteiger partial charge >= 0.3 is 0 Å². The minimum atomic E-state index is -0.104. The molecule has 1 fully saturated rings. The van der Waals surface area contributed by atoms with Crippen LogP contribution in [0.25, 0.3) is 11.4 Å². The van der Waals surface area contributed by atoms with Gasteiger partial charge in [-0.15, -0.1) is 6.58 Å². The highest BCUT2D eigenvalue weighted by molar-refractivity contribution is 6.36. The van der Waals surface area contributed by atoms with E-state index < -0.39 is 0 Å². The van der Waals surface area contributed by atoms with Crippen molar-refractivity contribution in [3.63, 3.8) is 0 Å². The van der Waals surface area contributed by atoms with Crippen LogP contribution in [0.15, 0.2) is 59.6 Å². The van der Waals surface area contributed by atoms with Crippen molar-refractivity contribution >= 4 is 34.8 Å². The summed E-state index contributed by atoms with van der Waals surface area (Å²) in [5.74, 6) is 0.669. The first-order chi connectivity index (χ1) is 15.9. The summed E-state index contributed by atoms with van der Waals surface area (Å²) >= 11 is 12.2. The van der Waals surface area contributed by atoms with Gasteiger partial charge in [0.2, 0.25) is 17.6 Å². The summed E-state index contributed by atoms with van der Waals surface area (Å²) in [5.41, 5.74) is 2.99. The molecular weight excluding hydrogens is 459 g/mol. The molecule has 1 aromatic heterocycles. The average Bonchev–Trinajstić information content (AvgIpc) is 3.27. The molecule has 1 atom stereocenters. The Balaban J connectivity index is 1.47. The molecule has 0 bridgehead atoms. The summed E-state index contributed by atoms with van der Waals surface area (Å²) in [6.45, 7) is 8.13. The number of benzene rings is 2. The molecule has 1 aliphatic heterocycles. The van der Waals surface area contributed by atoms with Crippen molar-refractivity contribution in [3.05, 3.63) is 76.6 Å². The van der Waals surface area contributed by atoms with Crippen LogP contribution in [0, 0.1) is 12.8 Å². The Bertz CT molecular complexity index is 1130. The van der Waals surface area contributed by atoms with Gasteiger partial charge in [0.25, 0.3) is 0 Å². The number of nitrogens with zero attached hydrogens (tertiary/aromatic N) is 4. The second-order valence-corrected chi connectivity index (χ2v) is 9.11. The second kappa shape index (κ2) is 10.4. The summed E-state index contributed by atoms with van der Waals surface area (Å²) in [6, 6.07) is 13.5. The summed E-state index contributed by atoms with van der Waals surface area (Å²) in [5, 5.41) is 5.00. The predicted molar refractivity (Wildman–Crippen MR) is 131 cm³/mol. The van der Waals surface area contributed by atoms with Crippen LogP contribution in [0.1, 0.15) is 24.3 Å². The summed E-state index contributed by atoms with van der Waals surface area (Å²) < 4.78 is 5.43. The van der Waals surface area contributed by atoms with Crippen LogP contribution in [0.2, 0.25) is 10.0 Å². The number of piperidine rings is 1.